The van der Waals surface area contributed by atoms with Gasteiger partial charge in [-0.15, -0.1) is 0 Å². The quantitative estimate of drug-likeness (QED) is 0.154. The van der Waals surface area contributed by atoms with Gasteiger partial charge in [0.15, 0.2) is 0 Å². The minimum absolute atomic E-state index is 1.26. The lowest BCUT2D eigenvalue weighted by Gasteiger charge is -2.33. The van der Waals surface area contributed by atoms with E-state index in [9.17, 15) is 0 Å². The van der Waals surface area contributed by atoms with E-state index in [0.717, 1.165) is 0 Å². The van der Waals surface area contributed by atoms with Crippen molar-refractivity contribution in [3.8, 4) is 22.3 Å². The van der Waals surface area contributed by atoms with Crippen LogP contribution in [0.25, 0.3) is 44.5 Å². The van der Waals surface area contributed by atoms with Crippen molar-refractivity contribution in [2.75, 3.05) is 23.9 Å². The number of hydrogen-bond donors (Lipinski definition) is 0. The van der Waals surface area contributed by atoms with Crippen LogP contribution in [0.2, 0.25) is 0 Å². The maximum atomic E-state index is 2.31. The van der Waals surface area contributed by atoms with Gasteiger partial charge in [-0.1, -0.05) is 170 Å². The summed E-state index contributed by atoms with van der Waals surface area (Å²) in [5.41, 5.74) is 26.2. The fourth-order valence-electron chi connectivity index (χ4n) is 9.57. The minimum Gasteiger partial charge on any atom is -0.344 e. The molecule has 0 fully saturated rings. The van der Waals surface area contributed by atoms with Crippen LogP contribution in [-0.4, -0.2) is 14.1 Å². The molecular formula is C54H38N2. The number of fused-ring (bicyclic) bond motifs is 10. The Hall–Kier alpha value is -7.16. The van der Waals surface area contributed by atoms with Crippen molar-refractivity contribution in [2.45, 2.75) is 0 Å². The molecule has 2 nitrogen and oxygen atoms in total. The first-order valence-electron chi connectivity index (χ1n) is 19.4. The van der Waals surface area contributed by atoms with E-state index in [-0.39, 0.29) is 0 Å². The monoisotopic (exact) mass is 714 g/mol. The molecule has 0 amide bonds. The Balaban J connectivity index is 0.000000130. The summed E-state index contributed by atoms with van der Waals surface area (Å²) >= 11 is 0. The minimum atomic E-state index is 1.26. The Morgan fingerprint density at radius 3 is 0.589 bits per heavy atom. The molecule has 0 N–H and O–H groups in total. The van der Waals surface area contributed by atoms with Gasteiger partial charge >= 0.3 is 0 Å². The van der Waals surface area contributed by atoms with Crippen molar-refractivity contribution in [3.05, 3.63) is 239 Å². The van der Waals surface area contributed by atoms with E-state index in [1.165, 1.54) is 112 Å². The Kier molecular flexibility index (Phi) is 7.33. The third-order valence-electron chi connectivity index (χ3n) is 12.0. The number of benzene rings is 8. The summed E-state index contributed by atoms with van der Waals surface area (Å²) < 4.78 is 0. The zero-order chi connectivity index (χ0) is 37.3. The molecule has 0 saturated heterocycles. The molecule has 12 rings (SSSR count). The number of para-hydroxylation sites is 4. The summed E-state index contributed by atoms with van der Waals surface area (Å²) in [5, 5.41) is 0. The number of hydrogen-bond acceptors (Lipinski definition) is 2. The fourth-order valence-corrected chi connectivity index (χ4v) is 9.57. The van der Waals surface area contributed by atoms with Gasteiger partial charge in [0, 0.05) is 70.2 Å². The summed E-state index contributed by atoms with van der Waals surface area (Å²) in [6.07, 6.45) is 0. The Morgan fingerprint density at radius 1 is 0.196 bits per heavy atom. The van der Waals surface area contributed by atoms with Crippen LogP contribution in [0.15, 0.2) is 194 Å². The van der Waals surface area contributed by atoms with Gasteiger partial charge in [0.05, 0.1) is 0 Å². The summed E-state index contributed by atoms with van der Waals surface area (Å²) in [6.45, 7) is 0. The molecule has 0 unspecified atom stereocenters. The highest BCUT2D eigenvalue weighted by Gasteiger charge is 2.33. The van der Waals surface area contributed by atoms with Crippen LogP contribution >= 0.6 is 0 Å². The maximum absolute atomic E-state index is 2.31. The van der Waals surface area contributed by atoms with E-state index in [4.69, 9.17) is 0 Å². The average Bonchev–Trinajstić information content (AvgIpc) is 3.77. The van der Waals surface area contributed by atoms with E-state index in [0.29, 0.717) is 0 Å². The van der Waals surface area contributed by atoms with Crippen LogP contribution < -0.4 is 9.80 Å². The van der Waals surface area contributed by atoms with Gasteiger partial charge in [0.25, 0.3) is 0 Å². The predicted octanol–water partition coefficient (Wildman–Crippen LogP) is 13.5. The van der Waals surface area contributed by atoms with Gasteiger partial charge in [0.1, 0.15) is 0 Å². The summed E-state index contributed by atoms with van der Waals surface area (Å²) in [5.74, 6) is 0. The van der Waals surface area contributed by atoms with E-state index < -0.39 is 0 Å². The van der Waals surface area contributed by atoms with Crippen molar-refractivity contribution in [3.63, 3.8) is 0 Å². The van der Waals surface area contributed by atoms with E-state index in [1.807, 2.05) is 0 Å². The van der Waals surface area contributed by atoms with Gasteiger partial charge in [-0.3, -0.25) is 0 Å². The van der Waals surface area contributed by atoms with Crippen LogP contribution in [0, 0.1) is 0 Å². The van der Waals surface area contributed by atoms with Gasteiger partial charge in [-0.2, -0.15) is 0 Å². The molecule has 2 heterocycles. The van der Waals surface area contributed by atoms with E-state index >= 15 is 0 Å². The lowest BCUT2D eigenvalue weighted by atomic mass is 9.84. The lowest BCUT2D eigenvalue weighted by molar-refractivity contribution is 1.17. The molecule has 0 bridgehead atoms. The fraction of sp³-hybridized carbons (Fsp3) is 0.0370. The first-order chi connectivity index (χ1) is 27.7. The van der Waals surface area contributed by atoms with Crippen molar-refractivity contribution < 1.29 is 0 Å². The van der Waals surface area contributed by atoms with Gasteiger partial charge in [-0.05, 0) is 79.9 Å². The molecule has 2 aliphatic carbocycles. The van der Waals surface area contributed by atoms with Crippen LogP contribution in [0.3, 0.4) is 0 Å². The first kappa shape index (κ1) is 32.3. The van der Waals surface area contributed by atoms with Crippen LogP contribution in [-0.2, 0) is 0 Å². The van der Waals surface area contributed by atoms with Crippen molar-refractivity contribution in [1.82, 2.24) is 0 Å². The standard InChI is InChI=1S/2C27H19N/c2*1-28-24-16-8-6-14-22(24)27(23-15-7-9-17-25(23)28)26-20-12-4-2-10-18(20)19-11-3-5-13-21(19)26/h2*2-17H,1H3. The van der Waals surface area contributed by atoms with Gasteiger partial charge in [0.2, 0.25) is 0 Å². The molecule has 8 aromatic rings. The molecule has 264 valence electrons. The smallest absolute Gasteiger partial charge is 0.0488 e. The Bertz CT molecular complexity index is 2570. The Morgan fingerprint density at radius 2 is 0.357 bits per heavy atom. The molecule has 0 atom stereocenters. The number of nitrogens with zero attached hydrogens (tertiary/aromatic N) is 2. The molecule has 0 radical (unpaired) electrons. The molecule has 2 aliphatic heterocycles. The molecular weight excluding hydrogens is 677 g/mol. The van der Waals surface area contributed by atoms with Gasteiger partial charge in [-0.25, -0.2) is 0 Å². The topological polar surface area (TPSA) is 6.48 Å². The van der Waals surface area contributed by atoms with E-state index in [1.54, 1.807) is 0 Å². The number of anilines is 4. The second kappa shape index (κ2) is 12.7. The normalized spacial score (nSPS) is 13.7. The van der Waals surface area contributed by atoms with Crippen molar-refractivity contribution in [1.29, 1.82) is 0 Å². The highest BCUT2D eigenvalue weighted by Crippen LogP contribution is 2.55. The SMILES string of the molecule is CN1c2ccccc2C(=C2c3ccccc3-c3ccccc32)c2ccccc21.CN1c2ccccc2C(=C2c3ccccc3-c3ccccc32)c2ccccc21. The number of rotatable bonds is 0. The zero-order valence-corrected chi connectivity index (χ0v) is 31.4. The van der Waals surface area contributed by atoms with E-state index in [2.05, 4.69) is 218 Å². The molecule has 8 aromatic carbocycles. The van der Waals surface area contributed by atoms with Gasteiger partial charge < -0.3 is 9.80 Å². The third-order valence-corrected chi connectivity index (χ3v) is 12.0. The summed E-state index contributed by atoms with van der Waals surface area (Å²) in [6, 6.07) is 70.2. The maximum Gasteiger partial charge on any atom is 0.0488 e. The predicted molar refractivity (Wildman–Crippen MR) is 236 cm³/mol. The van der Waals surface area contributed by atoms with Crippen molar-refractivity contribution in [2.24, 2.45) is 0 Å². The lowest BCUT2D eigenvalue weighted by Crippen LogP contribution is -2.18. The Labute approximate surface area is 328 Å². The van der Waals surface area contributed by atoms with Crippen LogP contribution in [0.1, 0.15) is 44.5 Å². The molecule has 56 heavy (non-hydrogen) atoms. The second-order valence-electron chi connectivity index (χ2n) is 14.9. The highest BCUT2D eigenvalue weighted by atomic mass is 15.1. The summed E-state index contributed by atoms with van der Waals surface area (Å²) in [7, 11) is 4.32. The molecule has 0 spiro atoms. The van der Waals surface area contributed by atoms with Crippen molar-refractivity contribution >= 4 is 45.0 Å². The third kappa shape index (κ3) is 4.69. The molecule has 2 heteroatoms. The zero-order valence-electron chi connectivity index (χ0n) is 31.4. The largest absolute Gasteiger partial charge is 0.344 e. The first-order valence-corrected chi connectivity index (χ1v) is 19.4. The summed E-state index contributed by atoms with van der Waals surface area (Å²) in [4.78, 5) is 4.61. The highest BCUT2D eigenvalue weighted by molar-refractivity contribution is 6.18. The second-order valence-corrected chi connectivity index (χ2v) is 14.9. The average molecular weight is 715 g/mol. The van der Waals surface area contributed by atoms with Crippen LogP contribution in [0.4, 0.5) is 22.7 Å². The molecule has 0 saturated carbocycles. The molecule has 0 aromatic heterocycles. The molecule has 4 aliphatic rings. The van der Waals surface area contributed by atoms with Crippen LogP contribution in [0.5, 0.6) is 0 Å².